The number of methoxy groups -OCH3 is 1. The van der Waals surface area contributed by atoms with E-state index in [-0.39, 0.29) is 11.9 Å². The van der Waals surface area contributed by atoms with Gasteiger partial charge in [0.15, 0.2) is 0 Å². The fraction of sp³-hybridized carbons (Fsp3) is 0.636. The Balaban J connectivity index is 2.33. The molecule has 0 bridgehead atoms. The van der Waals surface area contributed by atoms with E-state index in [2.05, 4.69) is 4.98 Å². The molecule has 16 heavy (non-hydrogen) atoms. The molecule has 1 aliphatic heterocycles. The molecule has 1 saturated heterocycles. The molecule has 1 aliphatic rings. The normalized spacial score (nSPS) is 20.8. The number of ether oxygens (including phenoxy) is 2. The van der Waals surface area contributed by atoms with Crippen molar-refractivity contribution in [2.24, 2.45) is 0 Å². The van der Waals surface area contributed by atoms with Gasteiger partial charge >= 0.3 is 5.69 Å². The molecule has 2 heterocycles. The SMILES string of the molecule is COc1nc(=O)n(C2CCCCO2)cc1C. The first kappa shape index (κ1) is 11.1. The van der Waals surface area contributed by atoms with Gasteiger partial charge in [-0.2, -0.15) is 4.98 Å². The zero-order chi connectivity index (χ0) is 11.5. The van der Waals surface area contributed by atoms with Gasteiger partial charge in [-0.05, 0) is 26.2 Å². The van der Waals surface area contributed by atoms with Gasteiger partial charge in [-0.1, -0.05) is 0 Å². The van der Waals surface area contributed by atoms with Gasteiger partial charge in [0, 0.05) is 18.4 Å². The van der Waals surface area contributed by atoms with Crippen molar-refractivity contribution >= 4 is 0 Å². The van der Waals surface area contributed by atoms with Crippen molar-refractivity contribution in [1.82, 2.24) is 9.55 Å². The molecule has 1 aromatic rings. The highest BCUT2D eigenvalue weighted by molar-refractivity contribution is 5.20. The third-order valence-electron chi connectivity index (χ3n) is 2.75. The predicted molar refractivity (Wildman–Crippen MR) is 58.6 cm³/mol. The van der Waals surface area contributed by atoms with Crippen LogP contribution in [0.2, 0.25) is 0 Å². The summed E-state index contributed by atoms with van der Waals surface area (Å²) in [4.78, 5) is 15.6. The summed E-state index contributed by atoms with van der Waals surface area (Å²) < 4.78 is 12.1. The maximum Gasteiger partial charge on any atom is 0.352 e. The van der Waals surface area contributed by atoms with Crippen molar-refractivity contribution < 1.29 is 9.47 Å². The van der Waals surface area contributed by atoms with Crippen LogP contribution in [-0.4, -0.2) is 23.3 Å². The van der Waals surface area contributed by atoms with Crippen molar-refractivity contribution in [2.75, 3.05) is 13.7 Å². The molecule has 0 spiro atoms. The van der Waals surface area contributed by atoms with Gasteiger partial charge in [-0.15, -0.1) is 0 Å². The summed E-state index contributed by atoms with van der Waals surface area (Å²) in [5.41, 5.74) is 0.533. The molecule has 0 N–H and O–H groups in total. The number of nitrogens with zero attached hydrogens (tertiary/aromatic N) is 2. The highest BCUT2D eigenvalue weighted by Gasteiger charge is 2.18. The summed E-state index contributed by atoms with van der Waals surface area (Å²) in [5.74, 6) is 0.386. The third kappa shape index (κ3) is 2.09. The van der Waals surface area contributed by atoms with Gasteiger partial charge in [-0.25, -0.2) is 4.79 Å². The minimum Gasteiger partial charge on any atom is -0.481 e. The maximum absolute atomic E-state index is 11.7. The van der Waals surface area contributed by atoms with E-state index in [1.54, 1.807) is 10.8 Å². The summed E-state index contributed by atoms with van der Waals surface area (Å²) in [6.45, 7) is 2.58. The van der Waals surface area contributed by atoms with E-state index < -0.39 is 0 Å². The Morgan fingerprint density at radius 1 is 1.56 bits per heavy atom. The van der Waals surface area contributed by atoms with Gasteiger partial charge in [0.1, 0.15) is 6.23 Å². The fourth-order valence-corrected chi connectivity index (χ4v) is 1.91. The van der Waals surface area contributed by atoms with E-state index in [1.165, 1.54) is 7.11 Å². The standard InChI is InChI=1S/C11H16N2O3/c1-8-7-13(9-5-3-4-6-16-9)11(14)12-10(8)15-2/h7,9H,3-6H2,1-2H3. The Hall–Kier alpha value is -1.36. The van der Waals surface area contributed by atoms with Crippen LogP contribution in [0.1, 0.15) is 31.1 Å². The Labute approximate surface area is 94.0 Å². The first-order valence-electron chi connectivity index (χ1n) is 5.48. The lowest BCUT2D eigenvalue weighted by Crippen LogP contribution is -2.30. The Kier molecular flexibility index (Phi) is 3.24. The van der Waals surface area contributed by atoms with E-state index in [4.69, 9.17) is 9.47 Å². The average Bonchev–Trinajstić information content (AvgIpc) is 2.32. The fourth-order valence-electron chi connectivity index (χ4n) is 1.91. The molecule has 5 nitrogen and oxygen atoms in total. The van der Waals surface area contributed by atoms with Crippen LogP contribution >= 0.6 is 0 Å². The quantitative estimate of drug-likeness (QED) is 0.759. The summed E-state index contributed by atoms with van der Waals surface area (Å²) in [5, 5.41) is 0. The van der Waals surface area contributed by atoms with Crippen LogP contribution in [0.4, 0.5) is 0 Å². The number of hydrogen-bond acceptors (Lipinski definition) is 4. The van der Waals surface area contributed by atoms with Crippen LogP contribution in [0.3, 0.4) is 0 Å². The molecule has 1 aromatic heterocycles. The Bertz CT molecular complexity index is 422. The summed E-state index contributed by atoms with van der Waals surface area (Å²) in [7, 11) is 1.51. The molecule has 1 atom stereocenters. The van der Waals surface area contributed by atoms with Gasteiger partial charge in [0.25, 0.3) is 0 Å². The van der Waals surface area contributed by atoms with Crippen LogP contribution in [0.5, 0.6) is 5.88 Å². The molecular weight excluding hydrogens is 208 g/mol. The highest BCUT2D eigenvalue weighted by Crippen LogP contribution is 2.22. The molecule has 88 valence electrons. The molecule has 1 fully saturated rings. The summed E-state index contributed by atoms with van der Waals surface area (Å²) >= 11 is 0. The Morgan fingerprint density at radius 2 is 2.38 bits per heavy atom. The molecule has 0 radical (unpaired) electrons. The second kappa shape index (κ2) is 4.65. The van der Waals surface area contributed by atoms with Crippen LogP contribution in [-0.2, 0) is 4.74 Å². The molecule has 5 heteroatoms. The van der Waals surface area contributed by atoms with Crippen molar-refractivity contribution in [3.63, 3.8) is 0 Å². The molecule has 0 amide bonds. The Morgan fingerprint density at radius 3 is 3.00 bits per heavy atom. The topological polar surface area (TPSA) is 53.3 Å². The van der Waals surface area contributed by atoms with Gasteiger partial charge in [0.2, 0.25) is 5.88 Å². The molecule has 0 aliphatic carbocycles. The minimum atomic E-state index is -0.311. The summed E-state index contributed by atoms with van der Waals surface area (Å²) in [6.07, 6.45) is 4.60. The zero-order valence-electron chi connectivity index (χ0n) is 9.60. The lowest BCUT2D eigenvalue weighted by molar-refractivity contribution is -0.0350. The monoisotopic (exact) mass is 224 g/mol. The lowest BCUT2D eigenvalue weighted by atomic mass is 10.2. The van der Waals surface area contributed by atoms with Crippen molar-refractivity contribution in [2.45, 2.75) is 32.4 Å². The van der Waals surface area contributed by atoms with Crippen LogP contribution in [0.15, 0.2) is 11.0 Å². The maximum atomic E-state index is 11.7. The average molecular weight is 224 g/mol. The van der Waals surface area contributed by atoms with Crippen LogP contribution in [0, 0.1) is 6.92 Å². The lowest BCUT2D eigenvalue weighted by Gasteiger charge is -2.24. The van der Waals surface area contributed by atoms with Gasteiger partial charge in [0.05, 0.1) is 7.11 Å². The number of hydrogen-bond donors (Lipinski definition) is 0. The molecule has 0 saturated carbocycles. The van der Waals surface area contributed by atoms with Gasteiger partial charge < -0.3 is 9.47 Å². The first-order chi connectivity index (χ1) is 7.72. The molecular formula is C11H16N2O3. The minimum absolute atomic E-state index is 0.168. The van der Waals surface area contributed by atoms with Gasteiger partial charge in [-0.3, -0.25) is 4.57 Å². The van der Waals surface area contributed by atoms with E-state index in [1.807, 2.05) is 6.92 Å². The van der Waals surface area contributed by atoms with Crippen molar-refractivity contribution in [1.29, 1.82) is 0 Å². The van der Waals surface area contributed by atoms with E-state index in [0.717, 1.165) is 24.8 Å². The second-order valence-electron chi connectivity index (χ2n) is 3.94. The zero-order valence-corrected chi connectivity index (χ0v) is 9.60. The number of aryl methyl sites for hydroxylation is 1. The predicted octanol–water partition coefficient (Wildman–Crippen LogP) is 1.26. The highest BCUT2D eigenvalue weighted by atomic mass is 16.5. The second-order valence-corrected chi connectivity index (χ2v) is 3.94. The molecule has 1 unspecified atom stereocenters. The van der Waals surface area contributed by atoms with E-state index in [9.17, 15) is 4.79 Å². The van der Waals surface area contributed by atoms with Crippen LogP contribution in [0.25, 0.3) is 0 Å². The first-order valence-corrected chi connectivity index (χ1v) is 5.48. The molecule has 2 rings (SSSR count). The molecule has 0 aromatic carbocycles. The number of aromatic nitrogens is 2. The van der Waals surface area contributed by atoms with E-state index >= 15 is 0 Å². The van der Waals surface area contributed by atoms with Crippen molar-refractivity contribution in [3.05, 3.63) is 22.2 Å². The summed E-state index contributed by atoms with van der Waals surface area (Å²) in [6, 6.07) is 0. The largest absolute Gasteiger partial charge is 0.481 e. The smallest absolute Gasteiger partial charge is 0.352 e. The van der Waals surface area contributed by atoms with Crippen LogP contribution < -0.4 is 10.4 Å². The van der Waals surface area contributed by atoms with E-state index in [0.29, 0.717) is 12.5 Å². The third-order valence-corrected chi connectivity index (χ3v) is 2.75. The van der Waals surface area contributed by atoms with Crippen molar-refractivity contribution in [3.8, 4) is 5.88 Å². The number of rotatable bonds is 2.